The lowest BCUT2D eigenvalue weighted by Crippen LogP contribution is -2.40. The van der Waals surface area contributed by atoms with Crippen molar-refractivity contribution >= 4 is 22.8 Å². The highest BCUT2D eigenvalue weighted by molar-refractivity contribution is 6.05. The topological polar surface area (TPSA) is 119 Å². The number of carbonyl (C=O) groups excluding carboxylic acids is 1. The van der Waals surface area contributed by atoms with Crippen molar-refractivity contribution in [3.05, 3.63) is 128 Å². The minimum absolute atomic E-state index is 0.135. The molecule has 0 unspecified atom stereocenters. The number of fused-ring (bicyclic) bond motifs is 1. The van der Waals surface area contributed by atoms with Gasteiger partial charge in [0.2, 0.25) is 0 Å². The molecule has 1 amide bonds. The first-order valence-corrected chi connectivity index (χ1v) is 13.9. The minimum Gasteiger partial charge on any atom is -0.336 e. The van der Waals surface area contributed by atoms with Gasteiger partial charge in [-0.05, 0) is 60.2 Å². The van der Waals surface area contributed by atoms with E-state index in [0.717, 1.165) is 34.2 Å². The van der Waals surface area contributed by atoms with E-state index in [0.29, 0.717) is 42.5 Å². The van der Waals surface area contributed by atoms with Crippen LogP contribution < -0.4 is 21.9 Å². The maximum atomic E-state index is 14.4. The number of hydrogen-bond acceptors (Lipinski definition) is 5. The summed E-state index contributed by atoms with van der Waals surface area (Å²) < 4.78 is 17.0. The average Bonchev–Trinajstić information content (AvgIpc) is 3.74. The molecule has 5 aromatic rings. The molecule has 2 heterocycles. The standard InChI is InChI=1S/C32H31FN6O3/c1-37(30(40)23-12-8-21(17-34)9-13-23)25-14-10-20(11-15-25)16-27-35-28-29(36-27)38(18-22-6-7-22)32(42)39(31(28)41)19-24-4-2-3-5-26(24)33/h2-5,8-15,22H,6-7,16-19,34H2,1H3,(H,35,36). The zero-order valence-corrected chi connectivity index (χ0v) is 23.2. The van der Waals surface area contributed by atoms with Gasteiger partial charge in [-0.2, -0.15) is 0 Å². The largest absolute Gasteiger partial charge is 0.336 e. The zero-order valence-electron chi connectivity index (χ0n) is 23.2. The van der Waals surface area contributed by atoms with Crippen molar-refractivity contribution in [2.24, 2.45) is 11.7 Å². The van der Waals surface area contributed by atoms with Crippen molar-refractivity contribution in [2.75, 3.05) is 11.9 Å². The summed E-state index contributed by atoms with van der Waals surface area (Å²) >= 11 is 0. The molecular weight excluding hydrogens is 535 g/mol. The van der Waals surface area contributed by atoms with Gasteiger partial charge in [-0.15, -0.1) is 0 Å². The van der Waals surface area contributed by atoms with Gasteiger partial charge in [0, 0.05) is 43.4 Å². The molecule has 1 aliphatic rings. The molecule has 10 heteroatoms. The van der Waals surface area contributed by atoms with E-state index in [1.165, 1.54) is 6.07 Å². The first kappa shape index (κ1) is 27.3. The summed E-state index contributed by atoms with van der Waals surface area (Å²) in [6, 6.07) is 20.9. The predicted molar refractivity (Wildman–Crippen MR) is 159 cm³/mol. The SMILES string of the molecule is CN(C(=O)c1ccc(CN)cc1)c1ccc(Cc2nc3c([nH]2)c(=O)n(Cc2ccccc2F)c(=O)n3CC2CC2)cc1. The maximum absolute atomic E-state index is 14.4. The molecular formula is C32H31FN6O3. The van der Waals surface area contributed by atoms with E-state index < -0.39 is 17.1 Å². The maximum Gasteiger partial charge on any atom is 0.333 e. The number of benzene rings is 3. The Kier molecular flexibility index (Phi) is 7.30. The van der Waals surface area contributed by atoms with Crippen molar-refractivity contribution < 1.29 is 9.18 Å². The summed E-state index contributed by atoms with van der Waals surface area (Å²) in [7, 11) is 1.72. The fourth-order valence-electron chi connectivity index (χ4n) is 5.08. The second kappa shape index (κ2) is 11.2. The van der Waals surface area contributed by atoms with Crippen LogP contribution >= 0.6 is 0 Å². The van der Waals surface area contributed by atoms with Crippen molar-refractivity contribution in [2.45, 2.75) is 38.9 Å². The van der Waals surface area contributed by atoms with E-state index in [1.54, 1.807) is 46.8 Å². The monoisotopic (exact) mass is 566 g/mol. The number of aromatic nitrogens is 4. The molecule has 2 aromatic heterocycles. The molecule has 9 nitrogen and oxygen atoms in total. The van der Waals surface area contributed by atoms with Gasteiger partial charge in [-0.1, -0.05) is 42.5 Å². The smallest absolute Gasteiger partial charge is 0.333 e. The highest BCUT2D eigenvalue weighted by Gasteiger charge is 2.26. The normalized spacial score (nSPS) is 13.0. The number of hydrogen-bond donors (Lipinski definition) is 2. The third-order valence-electron chi connectivity index (χ3n) is 7.77. The van der Waals surface area contributed by atoms with Gasteiger partial charge in [0.25, 0.3) is 11.5 Å². The van der Waals surface area contributed by atoms with Gasteiger partial charge >= 0.3 is 5.69 Å². The molecule has 1 saturated carbocycles. The Morgan fingerprint density at radius 3 is 2.36 bits per heavy atom. The molecule has 42 heavy (non-hydrogen) atoms. The number of anilines is 1. The van der Waals surface area contributed by atoms with E-state index in [2.05, 4.69) is 9.97 Å². The molecule has 3 aromatic carbocycles. The van der Waals surface area contributed by atoms with Gasteiger partial charge < -0.3 is 15.6 Å². The predicted octanol–water partition coefficient (Wildman–Crippen LogP) is 3.81. The Morgan fingerprint density at radius 1 is 1.00 bits per heavy atom. The van der Waals surface area contributed by atoms with Crippen LogP contribution in [0.5, 0.6) is 0 Å². The molecule has 0 saturated heterocycles. The van der Waals surface area contributed by atoms with Gasteiger partial charge in [0.15, 0.2) is 5.65 Å². The van der Waals surface area contributed by atoms with Gasteiger partial charge in [0.1, 0.15) is 17.2 Å². The first-order valence-electron chi connectivity index (χ1n) is 13.9. The van der Waals surface area contributed by atoms with Crippen molar-refractivity contribution in [1.29, 1.82) is 0 Å². The fraction of sp³-hybridized carbons (Fsp3) is 0.250. The first-order chi connectivity index (χ1) is 20.3. The van der Waals surface area contributed by atoms with Crippen LogP contribution in [0.1, 0.15) is 45.7 Å². The Bertz CT molecular complexity index is 1890. The van der Waals surface area contributed by atoms with Crippen LogP contribution in [-0.4, -0.2) is 32.1 Å². The number of halogens is 1. The number of imidazole rings is 1. The number of nitrogens with zero attached hydrogens (tertiary/aromatic N) is 4. The third kappa shape index (κ3) is 5.40. The highest BCUT2D eigenvalue weighted by Crippen LogP contribution is 2.30. The van der Waals surface area contributed by atoms with E-state index in [9.17, 15) is 18.8 Å². The Morgan fingerprint density at radius 2 is 1.69 bits per heavy atom. The zero-order chi connectivity index (χ0) is 29.4. The number of aromatic amines is 1. The van der Waals surface area contributed by atoms with Crippen LogP contribution in [0.25, 0.3) is 11.2 Å². The Labute approximate surface area is 241 Å². The Balaban J connectivity index is 1.27. The molecule has 214 valence electrons. The number of carbonyl (C=O) groups is 1. The summed E-state index contributed by atoms with van der Waals surface area (Å²) in [5, 5.41) is 0. The number of rotatable bonds is 9. The van der Waals surface area contributed by atoms with E-state index in [1.807, 2.05) is 36.4 Å². The van der Waals surface area contributed by atoms with Crippen LogP contribution in [-0.2, 0) is 26.1 Å². The van der Waals surface area contributed by atoms with E-state index >= 15 is 0 Å². The number of nitrogens with one attached hydrogen (secondary N) is 1. The van der Waals surface area contributed by atoms with Crippen LogP contribution in [0, 0.1) is 11.7 Å². The van der Waals surface area contributed by atoms with Crippen LogP contribution in [0.15, 0.2) is 82.4 Å². The molecule has 0 bridgehead atoms. The number of H-pyrrole nitrogens is 1. The fourth-order valence-corrected chi connectivity index (χ4v) is 5.08. The molecule has 6 rings (SSSR count). The lowest BCUT2D eigenvalue weighted by molar-refractivity contribution is 0.0993. The van der Waals surface area contributed by atoms with Gasteiger partial charge in [-0.25, -0.2) is 14.2 Å². The quantitative estimate of drug-likeness (QED) is 0.281. The summed E-state index contributed by atoms with van der Waals surface area (Å²) in [6.07, 6.45) is 2.41. The molecule has 1 aliphatic carbocycles. The molecule has 0 aliphatic heterocycles. The van der Waals surface area contributed by atoms with Crippen molar-refractivity contribution in [1.82, 2.24) is 19.1 Å². The van der Waals surface area contributed by atoms with E-state index in [-0.39, 0.29) is 23.5 Å². The van der Waals surface area contributed by atoms with Crippen LogP contribution in [0.3, 0.4) is 0 Å². The summed E-state index contributed by atoms with van der Waals surface area (Å²) in [6.45, 7) is 0.713. The number of nitrogens with two attached hydrogens (primary N) is 1. The van der Waals surface area contributed by atoms with Crippen molar-refractivity contribution in [3.8, 4) is 0 Å². The lowest BCUT2D eigenvalue weighted by Gasteiger charge is -2.18. The van der Waals surface area contributed by atoms with Crippen LogP contribution in [0.4, 0.5) is 10.1 Å². The van der Waals surface area contributed by atoms with Crippen LogP contribution in [0.2, 0.25) is 0 Å². The van der Waals surface area contributed by atoms with Crippen molar-refractivity contribution in [3.63, 3.8) is 0 Å². The third-order valence-corrected chi connectivity index (χ3v) is 7.77. The molecule has 1 fully saturated rings. The molecule has 3 N–H and O–H groups in total. The lowest BCUT2D eigenvalue weighted by atomic mass is 10.1. The molecule has 0 atom stereocenters. The highest BCUT2D eigenvalue weighted by atomic mass is 19.1. The molecule has 0 spiro atoms. The van der Waals surface area contributed by atoms with Gasteiger partial charge in [-0.3, -0.25) is 18.7 Å². The second-order valence-corrected chi connectivity index (χ2v) is 10.8. The number of amides is 1. The van der Waals surface area contributed by atoms with Gasteiger partial charge in [0.05, 0.1) is 6.54 Å². The summed E-state index contributed by atoms with van der Waals surface area (Å²) in [4.78, 5) is 49.2. The molecule has 0 radical (unpaired) electrons. The average molecular weight is 567 g/mol. The summed E-state index contributed by atoms with van der Waals surface area (Å²) in [5.41, 5.74) is 8.61. The minimum atomic E-state index is -0.529. The Hall–Kier alpha value is -4.83. The second-order valence-electron chi connectivity index (χ2n) is 10.8. The van der Waals surface area contributed by atoms with E-state index in [4.69, 9.17) is 5.73 Å². The summed E-state index contributed by atoms with van der Waals surface area (Å²) in [5.74, 6) is 0.287.